The fourth-order valence-electron chi connectivity index (χ4n) is 4.09. The standard InChI is InChI=1S/C14H18F2O3.C14H18O4/c1-17-10-18-11-5-7-12(8-6-11)19-13-4-2-3-9-14(13,15)16;1-16-10-17-11-6-8-12(9-7-11)18-14-5-3-2-4-13(14)15/h5-8,13H,2-4,9-10H2,1H3;6-9,14H,2-5,10H2,1H3. The number of methoxy groups -OCH3 is 2. The summed E-state index contributed by atoms with van der Waals surface area (Å²) in [5.41, 5.74) is 0. The largest absolute Gasteiger partial charge is 0.484 e. The Balaban J connectivity index is 0.000000206. The first-order valence-electron chi connectivity index (χ1n) is 12.6. The minimum absolute atomic E-state index is 0.0906. The van der Waals surface area contributed by atoms with E-state index in [0.717, 1.165) is 31.4 Å². The molecule has 7 nitrogen and oxygen atoms in total. The van der Waals surface area contributed by atoms with E-state index in [9.17, 15) is 13.6 Å². The summed E-state index contributed by atoms with van der Waals surface area (Å²) in [4.78, 5) is 11.6. The lowest BCUT2D eigenvalue weighted by Gasteiger charge is -2.31. The Bertz CT molecular complexity index is 935. The third-order valence-corrected chi connectivity index (χ3v) is 6.09. The van der Waals surface area contributed by atoms with Crippen LogP contribution in [0, 0.1) is 0 Å². The zero-order valence-electron chi connectivity index (χ0n) is 21.5. The zero-order chi connectivity index (χ0) is 26.5. The lowest BCUT2D eigenvalue weighted by Crippen LogP contribution is -2.40. The van der Waals surface area contributed by atoms with E-state index < -0.39 is 12.0 Å². The molecule has 2 atom stereocenters. The summed E-state index contributed by atoms with van der Waals surface area (Å²) in [5.74, 6) is -0.0372. The van der Waals surface area contributed by atoms with Crippen molar-refractivity contribution in [2.75, 3.05) is 27.8 Å². The maximum atomic E-state index is 13.6. The minimum Gasteiger partial charge on any atom is -0.484 e. The lowest BCUT2D eigenvalue weighted by atomic mass is 9.94. The number of benzene rings is 2. The molecule has 0 aromatic heterocycles. The molecule has 0 saturated heterocycles. The van der Waals surface area contributed by atoms with Crippen LogP contribution in [0.15, 0.2) is 48.5 Å². The van der Waals surface area contributed by atoms with Crippen LogP contribution in [0.25, 0.3) is 0 Å². The lowest BCUT2D eigenvalue weighted by molar-refractivity contribution is -0.127. The maximum Gasteiger partial charge on any atom is 0.284 e. The highest BCUT2D eigenvalue weighted by Crippen LogP contribution is 2.36. The molecule has 2 fully saturated rings. The summed E-state index contributed by atoms with van der Waals surface area (Å²) in [5, 5.41) is 0. The minimum atomic E-state index is -2.73. The summed E-state index contributed by atoms with van der Waals surface area (Å²) in [7, 11) is 3.11. The smallest absolute Gasteiger partial charge is 0.284 e. The third kappa shape index (κ3) is 9.48. The number of carbonyl (C=O) groups excluding carboxylic acids is 1. The van der Waals surface area contributed by atoms with E-state index in [1.165, 1.54) is 7.11 Å². The van der Waals surface area contributed by atoms with Gasteiger partial charge in [0.1, 0.15) is 23.0 Å². The van der Waals surface area contributed by atoms with Gasteiger partial charge >= 0.3 is 0 Å². The molecule has 2 aromatic rings. The molecule has 4 rings (SSSR count). The van der Waals surface area contributed by atoms with E-state index in [1.54, 1.807) is 31.4 Å². The number of carbonyl (C=O) groups is 1. The number of ether oxygens (including phenoxy) is 6. The SMILES string of the molecule is COCOc1ccc(OC2CCCCC2(F)F)cc1.COCOc1ccc(OC2CCCCC2=O)cc1. The molecular weight excluding hydrogens is 486 g/mol. The van der Waals surface area contributed by atoms with Gasteiger partial charge in [0, 0.05) is 27.1 Å². The highest BCUT2D eigenvalue weighted by atomic mass is 19.3. The van der Waals surface area contributed by atoms with Crippen molar-refractivity contribution in [3.05, 3.63) is 48.5 Å². The molecule has 0 amide bonds. The van der Waals surface area contributed by atoms with Gasteiger partial charge in [-0.3, -0.25) is 4.79 Å². The van der Waals surface area contributed by atoms with Crippen molar-refractivity contribution in [1.82, 2.24) is 0 Å². The van der Waals surface area contributed by atoms with Gasteiger partial charge in [0.25, 0.3) is 5.92 Å². The Kier molecular flexibility index (Phi) is 11.4. The Morgan fingerprint density at radius 1 is 0.730 bits per heavy atom. The molecule has 0 heterocycles. The maximum absolute atomic E-state index is 13.6. The number of hydrogen-bond donors (Lipinski definition) is 0. The van der Waals surface area contributed by atoms with Gasteiger partial charge < -0.3 is 28.4 Å². The Hall–Kier alpha value is -2.91. The molecule has 2 unspecified atom stereocenters. The van der Waals surface area contributed by atoms with Crippen LogP contribution in [0.2, 0.25) is 0 Å². The Morgan fingerprint density at radius 3 is 1.76 bits per heavy atom. The van der Waals surface area contributed by atoms with Gasteiger partial charge in [-0.25, -0.2) is 8.78 Å². The van der Waals surface area contributed by atoms with Crippen molar-refractivity contribution in [2.45, 2.75) is 69.5 Å². The van der Waals surface area contributed by atoms with Crippen molar-refractivity contribution >= 4 is 5.78 Å². The molecule has 0 aliphatic heterocycles. The van der Waals surface area contributed by atoms with Crippen molar-refractivity contribution in [3.8, 4) is 23.0 Å². The first-order chi connectivity index (χ1) is 17.9. The monoisotopic (exact) mass is 522 g/mol. The first kappa shape index (κ1) is 28.7. The number of Topliss-reactive ketones (excluding diaryl/α,β-unsaturated/α-hetero) is 1. The highest BCUT2D eigenvalue weighted by Gasteiger charge is 2.43. The number of alkyl halides is 2. The molecule has 0 bridgehead atoms. The van der Waals surface area contributed by atoms with E-state index in [-0.39, 0.29) is 31.9 Å². The van der Waals surface area contributed by atoms with Crippen LogP contribution >= 0.6 is 0 Å². The zero-order valence-corrected chi connectivity index (χ0v) is 21.5. The average molecular weight is 523 g/mol. The topological polar surface area (TPSA) is 72.5 Å². The summed E-state index contributed by atoms with van der Waals surface area (Å²) in [6.45, 7) is 0.377. The van der Waals surface area contributed by atoms with Crippen molar-refractivity contribution < 1.29 is 42.0 Å². The molecule has 204 valence electrons. The van der Waals surface area contributed by atoms with E-state index in [4.69, 9.17) is 28.4 Å². The van der Waals surface area contributed by atoms with Gasteiger partial charge in [0.05, 0.1) is 0 Å². The Labute approximate surface area is 216 Å². The second kappa shape index (κ2) is 14.7. The van der Waals surface area contributed by atoms with Gasteiger partial charge in [-0.15, -0.1) is 0 Å². The molecule has 0 radical (unpaired) electrons. The summed E-state index contributed by atoms with van der Waals surface area (Å²) >= 11 is 0. The van der Waals surface area contributed by atoms with Crippen molar-refractivity contribution in [1.29, 1.82) is 0 Å². The number of hydrogen-bond acceptors (Lipinski definition) is 7. The fraction of sp³-hybridized carbons (Fsp3) is 0.536. The van der Waals surface area contributed by atoms with Gasteiger partial charge in [-0.2, -0.15) is 0 Å². The summed E-state index contributed by atoms with van der Waals surface area (Å²) in [6.07, 6.45) is 3.87. The number of halogens is 2. The Morgan fingerprint density at radius 2 is 1.24 bits per heavy atom. The van der Waals surface area contributed by atoms with Crippen LogP contribution in [0.1, 0.15) is 51.4 Å². The van der Waals surface area contributed by atoms with E-state index in [1.807, 2.05) is 24.3 Å². The highest BCUT2D eigenvalue weighted by molar-refractivity contribution is 5.84. The van der Waals surface area contributed by atoms with Gasteiger partial charge in [-0.05, 0) is 87.1 Å². The fourth-order valence-corrected chi connectivity index (χ4v) is 4.09. The molecular formula is C28H36F2O7. The van der Waals surface area contributed by atoms with E-state index >= 15 is 0 Å². The van der Waals surface area contributed by atoms with Crippen LogP contribution in [0.4, 0.5) is 8.78 Å². The average Bonchev–Trinajstić information content (AvgIpc) is 2.91. The van der Waals surface area contributed by atoms with Crippen molar-refractivity contribution in [3.63, 3.8) is 0 Å². The molecule has 0 N–H and O–H groups in total. The second-order valence-electron chi connectivity index (χ2n) is 8.98. The van der Waals surface area contributed by atoms with Gasteiger partial charge in [0.2, 0.25) is 0 Å². The van der Waals surface area contributed by atoms with Crippen LogP contribution in [0.5, 0.6) is 23.0 Å². The molecule has 2 aliphatic carbocycles. The summed E-state index contributed by atoms with van der Waals surface area (Å²) < 4.78 is 58.4. The predicted molar refractivity (Wildman–Crippen MR) is 134 cm³/mol. The quantitative estimate of drug-likeness (QED) is 0.345. The molecule has 0 spiro atoms. The van der Waals surface area contributed by atoms with Gasteiger partial charge in [0.15, 0.2) is 31.6 Å². The van der Waals surface area contributed by atoms with Gasteiger partial charge in [-0.1, -0.05) is 0 Å². The van der Waals surface area contributed by atoms with Crippen LogP contribution in [-0.4, -0.2) is 51.7 Å². The normalized spacial score (nSPS) is 20.8. The number of rotatable bonds is 10. The predicted octanol–water partition coefficient (Wildman–Crippen LogP) is 6.19. The molecule has 9 heteroatoms. The second-order valence-corrected chi connectivity index (χ2v) is 8.98. The molecule has 37 heavy (non-hydrogen) atoms. The molecule has 2 aliphatic rings. The van der Waals surface area contributed by atoms with Crippen LogP contribution in [-0.2, 0) is 14.3 Å². The van der Waals surface area contributed by atoms with Crippen molar-refractivity contribution in [2.24, 2.45) is 0 Å². The number of ketones is 1. The van der Waals surface area contributed by atoms with Crippen LogP contribution in [0.3, 0.4) is 0 Å². The van der Waals surface area contributed by atoms with E-state index in [2.05, 4.69) is 0 Å². The van der Waals surface area contributed by atoms with E-state index in [0.29, 0.717) is 36.5 Å². The molecule has 2 saturated carbocycles. The summed E-state index contributed by atoms with van der Waals surface area (Å²) in [6, 6.07) is 13.9. The molecule has 2 aromatic carbocycles. The first-order valence-corrected chi connectivity index (χ1v) is 12.6. The third-order valence-electron chi connectivity index (χ3n) is 6.09. The van der Waals surface area contributed by atoms with Crippen LogP contribution < -0.4 is 18.9 Å².